The average Bonchev–Trinajstić information content (AvgIpc) is 2.89. The van der Waals surface area contributed by atoms with Gasteiger partial charge in [0.1, 0.15) is 11.5 Å². The van der Waals surface area contributed by atoms with E-state index in [1.54, 1.807) is 84.9 Å². The summed E-state index contributed by atoms with van der Waals surface area (Å²) in [7, 11) is 0. The number of phenols is 2. The zero-order chi connectivity index (χ0) is 23.7. The van der Waals surface area contributed by atoms with Crippen LogP contribution in [0.15, 0.2) is 97.1 Å². The molecule has 2 amide bonds. The Hall–Kier alpha value is -4.84. The molecule has 6 heteroatoms. The van der Waals surface area contributed by atoms with Crippen LogP contribution in [0, 0.1) is 0 Å². The summed E-state index contributed by atoms with van der Waals surface area (Å²) in [6, 6.07) is 27.4. The first kappa shape index (κ1) is 21.0. The van der Waals surface area contributed by atoms with Gasteiger partial charge in [-0.25, -0.2) is 0 Å². The van der Waals surface area contributed by atoms with Gasteiger partial charge in [-0.3, -0.25) is 9.59 Å². The van der Waals surface area contributed by atoms with E-state index >= 15 is 0 Å². The minimum absolute atomic E-state index is 0.109. The Balaban J connectivity index is 1.69. The van der Waals surface area contributed by atoms with Gasteiger partial charge in [0.15, 0.2) is 0 Å². The van der Waals surface area contributed by atoms with Crippen molar-refractivity contribution in [3.63, 3.8) is 0 Å². The Bertz CT molecular complexity index is 1430. The van der Waals surface area contributed by atoms with Crippen LogP contribution in [0.1, 0.15) is 20.7 Å². The Morgan fingerprint density at radius 3 is 1.24 bits per heavy atom. The van der Waals surface area contributed by atoms with E-state index in [2.05, 4.69) is 10.6 Å². The molecule has 166 valence electrons. The predicted molar refractivity (Wildman–Crippen MR) is 134 cm³/mol. The van der Waals surface area contributed by atoms with Crippen LogP contribution >= 0.6 is 0 Å². The highest BCUT2D eigenvalue weighted by Crippen LogP contribution is 2.47. The maximum Gasteiger partial charge on any atom is 0.255 e. The second-order valence-corrected chi connectivity index (χ2v) is 7.79. The van der Waals surface area contributed by atoms with E-state index in [0.717, 1.165) is 0 Å². The summed E-state index contributed by atoms with van der Waals surface area (Å²) in [6.07, 6.45) is 0. The van der Waals surface area contributed by atoms with Crippen molar-refractivity contribution in [1.82, 2.24) is 0 Å². The highest BCUT2D eigenvalue weighted by molar-refractivity contribution is 6.22. The number of aromatic hydroxyl groups is 2. The fraction of sp³-hybridized carbons (Fsp3) is 0. The van der Waals surface area contributed by atoms with Crippen molar-refractivity contribution in [2.24, 2.45) is 0 Å². The average molecular weight is 448 g/mol. The molecule has 5 aromatic rings. The molecule has 4 N–H and O–H groups in total. The van der Waals surface area contributed by atoms with E-state index < -0.39 is 0 Å². The normalized spacial score (nSPS) is 10.8. The SMILES string of the molecule is O=C(Nc1ccc(NC(=O)c2ccccc2)c2c(O)c3ccccc3c(O)c12)c1ccccc1. The second kappa shape index (κ2) is 8.60. The van der Waals surface area contributed by atoms with E-state index in [1.807, 2.05) is 12.1 Å². The van der Waals surface area contributed by atoms with Crippen LogP contribution < -0.4 is 10.6 Å². The summed E-state index contributed by atoms with van der Waals surface area (Å²) in [4.78, 5) is 25.7. The Morgan fingerprint density at radius 1 is 0.500 bits per heavy atom. The number of phenolic OH excluding ortho intramolecular Hbond substituents is 2. The Labute approximate surface area is 195 Å². The zero-order valence-corrected chi connectivity index (χ0v) is 17.9. The van der Waals surface area contributed by atoms with Crippen LogP contribution in [0.5, 0.6) is 11.5 Å². The van der Waals surface area contributed by atoms with Crippen molar-refractivity contribution >= 4 is 44.7 Å². The predicted octanol–water partition coefficient (Wildman–Crippen LogP) is 5.91. The Morgan fingerprint density at radius 2 is 0.853 bits per heavy atom. The molecule has 0 radical (unpaired) electrons. The standard InChI is InChI=1S/C28H20N2O4/c31-25-19-13-7-8-14-20(19)26(32)24-22(30-28(34)18-11-5-2-6-12-18)16-15-21(23(24)25)29-27(33)17-9-3-1-4-10-17/h1-16,31-32H,(H,29,33)(H,30,34). The lowest BCUT2D eigenvalue weighted by atomic mass is 9.97. The second-order valence-electron chi connectivity index (χ2n) is 7.79. The molecular formula is C28H20N2O4. The van der Waals surface area contributed by atoms with Crippen molar-refractivity contribution in [1.29, 1.82) is 0 Å². The molecule has 5 rings (SSSR count). The van der Waals surface area contributed by atoms with Crippen molar-refractivity contribution < 1.29 is 19.8 Å². The number of carbonyl (C=O) groups excluding carboxylic acids is 2. The molecule has 0 bridgehead atoms. The fourth-order valence-corrected chi connectivity index (χ4v) is 4.04. The van der Waals surface area contributed by atoms with E-state index in [9.17, 15) is 19.8 Å². The summed E-state index contributed by atoms with van der Waals surface area (Å²) >= 11 is 0. The maximum absolute atomic E-state index is 12.8. The third-order valence-electron chi connectivity index (χ3n) is 5.68. The van der Waals surface area contributed by atoms with Crippen molar-refractivity contribution in [2.45, 2.75) is 0 Å². The summed E-state index contributed by atoms with van der Waals surface area (Å²) in [6.45, 7) is 0. The third-order valence-corrected chi connectivity index (χ3v) is 5.68. The molecule has 5 aromatic carbocycles. The topological polar surface area (TPSA) is 98.7 Å². The molecule has 0 aliphatic carbocycles. The minimum Gasteiger partial charge on any atom is -0.507 e. The molecule has 34 heavy (non-hydrogen) atoms. The van der Waals surface area contributed by atoms with Gasteiger partial charge in [0.05, 0.1) is 22.1 Å². The van der Waals surface area contributed by atoms with E-state index in [0.29, 0.717) is 33.3 Å². The highest BCUT2D eigenvalue weighted by atomic mass is 16.3. The lowest BCUT2D eigenvalue weighted by Crippen LogP contribution is -2.14. The van der Waals surface area contributed by atoms with Crippen LogP contribution in [0.25, 0.3) is 21.5 Å². The molecule has 0 aliphatic rings. The van der Waals surface area contributed by atoms with Crippen LogP contribution in [-0.2, 0) is 0 Å². The van der Waals surface area contributed by atoms with Gasteiger partial charge >= 0.3 is 0 Å². The molecule has 0 spiro atoms. The number of fused-ring (bicyclic) bond motifs is 2. The zero-order valence-electron chi connectivity index (χ0n) is 17.9. The minimum atomic E-state index is -0.366. The summed E-state index contributed by atoms with van der Waals surface area (Å²) in [5.41, 5.74) is 1.50. The largest absolute Gasteiger partial charge is 0.507 e. The van der Waals surface area contributed by atoms with Gasteiger partial charge in [0, 0.05) is 21.9 Å². The first-order valence-corrected chi connectivity index (χ1v) is 10.7. The molecule has 0 saturated heterocycles. The number of amides is 2. The summed E-state index contributed by atoms with van der Waals surface area (Å²) < 4.78 is 0. The van der Waals surface area contributed by atoms with Crippen molar-refractivity contribution in [3.05, 3.63) is 108 Å². The van der Waals surface area contributed by atoms with Crippen molar-refractivity contribution in [3.8, 4) is 11.5 Å². The lowest BCUT2D eigenvalue weighted by Gasteiger charge is -2.17. The number of nitrogens with one attached hydrogen (secondary N) is 2. The van der Waals surface area contributed by atoms with E-state index in [1.165, 1.54) is 0 Å². The molecule has 0 unspecified atom stereocenters. The Kier molecular flexibility index (Phi) is 5.32. The third kappa shape index (κ3) is 3.67. The van der Waals surface area contributed by atoms with Crippen LogP contribution in [0.3, 0.4) is 0 Å². The molecule has 0 heterocycles. The van der Waals surface area contributed by atoms with Gasteiger partial charge in [0.2, 0.25) is 0 Å². The van der Waals surface area contributed by atoms with Crippen LogP contribution in [-0.4, -0.2) is 22.0 Å². The molecule has 0 aliphatic heterocycles. The van der Waals surface area contributed by atoms with Crippen molar-refractivity contribution in [2.75, 3.05) is 10.6 Å². The fourth-order valence-electron chi connectivity index (χ4n) is 4.04. The van der Waals surface area contributed by atoms with Gasteiger partial charge < -0.3 is 20.8 Å². The number of hydrogen-bond acceptors (Lipinski definition) is 4. The number of benzene rings is 5. The van der Waals surface area contributed by atoms with Gasteiger partial charge in [-0.2, -0.15) is 0 Å². The van der Waals surface area contributed by atoms with Gasteiger partial charge in [-0.15, -0.1) is 0 Å². The van der Waals surface area contributed by atoms with E-state index in [-0.39, 0.29) is 34.1 Å². The lowest BCUT2D eigenvalue weighted by molar-refractivity contribution is 0.101. The molecule has 0 aromatic heterocycles. The quantitative estimate of drug-likeness (QED) is 0.203. The van der Waals surface area contributed by atoms with Crippen LogP contribution in [0.2, 0.25) is 0 Å². The van der Waals surface area contributed by atoms with Crippen LogP contribution in [0.4, 0.5) is 11.4 Å². The molecule has 6 nitrogen and oxygen atoms in total. The van der Waals surface area contributed by atoms with Gasteiger partial charge in [0.25, 0.3) is 11.8 Å². The highest BCUT2D eigenvalue weighted by Gasteiger charge is 2.21. The number of carbonyl (C=O) groups is 2. The number of rotatable bonds is 4. The molecule has 0 fully saturated rings. The van der Waals surface area contributed by atoms with Gasteiger partial charge in [-0.1, -0.05) is 60.7 Å². The summed E-state index contributed by atoms with van der Waals surface area (Å²) in [5.74, 6) is -0.949. The first-order chi connectivity index (χ1) is 16.5. The summed E-state index contributed by atoms with van der Waals surface area (Å²) in [5, 5.41) is 29.4. The number of hydrogen-bond donors (Lipinski definition) is 4. The molecular weight excluding hydrogens is 428 g/mol. The van der Waals surface area contributed by atoms with Gasteiger partial charge in [-0.05, 0) is 36.4 Å². The molecule has 0 saturated carbocycles. The number of anilines is 2. The first-order valence-electron chi connectivity index (χ1n) is 10.7. The maximum atomic E-state index is 12.8. The molecule has 0 atom stereocenters. The van der Waals surface area contributed by atoms with E-state index in [4.69, 9.17) is 0 Å². The smallest absolute Gasteiger partial charge is 0.255 e. The monoisotopic (exact) mass is 448 g/mol.